The minimum absolute atomic E-state index is 0.0667. The third-order valence-corrected chi connectivity index (χ3v) is 5.73. The van der Waals surface area contributed by atoms with Crippen molar-refractivity contribution in [2.24, 2.45) is 0 Å². The first-order valence-corrected chi connectivity index (χ1v) is 10.6. The van der Waals surface area contributed by atoms with Crippen molar-refractivity contribution < 1.29 is 9.18 Å². The molecule has 0 bridgehead atoms. The zero-order valence-electron chi connectivity index (χ0n) is 18.8. The maximum absolute atomic E-state index is 14.5. The molecule has 1 amide bonds. The van der Waals surface area contributed by atoms with Gasteiger partial charge in [-0.1, -0.05) is 30.3 Å². The lowest BCUT2D eigenvalue weighted by Crippen LogP contribution is -2.33. The molecule has 0 atom stereocenters. The van der Waals surface area contributed by atoms with Crippen molar-refractivity contribution in [2.75, 3.05) is 34.2 Å². The van der Waals surface area contributed by atoms with E-state index in [4.69, 9.17) is 0 Å². The van der Waals surface area contributed by atoms with Gasteiger partial charge in [0, 0.05) is 49.0 Å². The Balaban J connectivity index is 1.72. The fourth-order valence-electron chi connectivity index (χ4n) is 3.79. The number of aromatic amines is 1. The molecule has 0 fully saturated rings. The topological polar surface area (TPSA) is 52.2 Å². The molecule has 4 rings (SSSR count). The lowest BCUT2D eigenvalue weighted by molar-refractivity contribution is 0.0781. The number of nitrogens with one attached hydrogen (secondary N) is 1. The first-order chi connectivity index (χ1) is 15.3. The van der Waals surface area contributed by atoms with Gasteiger partial charge in [0.2, 0.25) is 0 Å². The number of hydrogen-bond donors (Lipinski definition) is 1. The van der Waals surface area contributed by atoms with Gasteiger partial charge in [-0.3, -0.25) is 4.79 Å². The number of nitrogens with zero attached hydrogens (tertiary/aromatic N) is 3. The summed E-state index contributed by atoms with van der Waals surface area (Å²) >= 11 is 0. The summed E-state index contributed by atoms with van der Waals surface area (Å²) in [6.45, 7) is 3.31. The van der Waals surface area contributed by atoms with Gasteiger partial charge in [0.1, 0.15) is 11.5 Å². The minimum Gasteiger partial charge on any atom is -0.346 e. The molecule has 6 heteroatoms. The van der Waals surface area contributed by atoms with Crippen molar-refractivity contribution in [3.63, 3.8) is 0 Å². The second-order valence-electron chi connectivity index (χ2n) is 8.36. The summed E-state index contributed by atoms with van der Waals surface area (Å²) in [5, 5.41) is 0.983. The highest BCUT2D eigenvalue weighted by Gasteiger charge is 2.18. The van der Waals surface area contributed by atoms with E-state index in [0.29, 0.717) is 13.1 Å². The van der Waals surface area contributed by atoms with E-state index in [-0.39, 0.29) is 11.5 Å². The molecule has 5 nitrogen and oxygen atoms in total. The molecule has 0 aliphatic heterocycles. The highest BCUT2D eigenvalue weighted by Crippen LogP contribution is 2.33. The number of likely N-dealkylation sites (N-methyl/N-ethyl adjacent to an activating group) is 2. The van der Waals surface area contributed by atoms with E-state index >= 15 is 0 Å². The second kappa shape index (κ2) is 8.93. The molecule has 164 valence electrons. The summed E-state index contributed by atoms with van der Waals surface area (Å²) in [5.41, 5.74) is 5.81. The standard InChI is InChI=1S/C26H27FN4O/c1-17-7-5-6-8-20(17)23-16-29-25-21(23)14-19(15-28-25)18-9-10-24(27)22(13-18)26(32)31(4)12-11-30(2)3/h5-10,13-16H,11-12H2,1-4H3,(H,28,29). The van der Waals surface area contributed by atoms with Crippen LogP contribution in [0.5, 0.6) is 0 Å². The Kier molecular flexibility index (Phi) is 6.06. The Morgan fingerprint density at radius 3 is 2.53 bits per heavy atom. The average Bonchev–Trinajstić information content (AvgIpc) is 3.20. The van der Waals surface area contributed by atoms with Crippen LogP contribution < -0.4 is 0 Å². The molecule has 0 radical (unpaired) electrons. The minimum atomic E-state index is -0.522. The Morgan fingerprint density at radius 1 is 1.00 bits per heavy atom. The van der Waals surface area contributed by atoms with Crippen LogP contribution in [0.25, 0.3) is 33.3 Å². The average molecular weight is 431 g/mol. The van der Waals surface area contributed by atoms with Crippen LogP contribution in [0.1, 0.15) is 15.9 Å². The number of amides is 1. The van der Waals surface area contributed by atoms with E-state index in [9.17, 15) is 9.18 Å². The van der Waals surface area contributed by atoms with Crippen LogP contribution in [0.15, 0.2) is 60.9 Å². The number of aryl methyl sites for hydroxylation is 1. The zero-order valence-corrected chi connectivity index (χ0v) is 18.8. The number of pyridine rings is 1. The highest BCUT2D eigenvalue weighted by atomic mass is 19.1. The molecule has 0 spiro atoms. The van der Waals surface area contributed by atoms with Crippen molar-refractivity contribution in [1.29, 1.82) is 0 Å². The Hall–Kier alpha value is -3.51. The summed E-state index contributed by atoms with van der Waals surface area (Å²) in [5.74, 6) is -0.853. The summed E-state index contributed by atoms with van der Waals surface area (Å²) in [4.78, 5) is 24.2. The van der Waals surface area contributed by atoms with E-state index in [1.54, 1.807) is 30.3 Å². The number of halogens is 1. The van der Waals surface area contributed by atoms with E-state index < -0.39 is 5.82 Å². The zero-order chi connectivity index (χ0) is 22.8. The van der Waals surface area contributed by atoms with E-state index in [0.717, 1.165) is 33.3 Å². The van der Waals surface area contributed by atoms with Crippen LogP contribution in [0, 0.1) is 12.7 Å². The van der Waals surface area contributed by atoms with Crippen molar-refractivity contribution in [3.8, 4) is 22.3 Å². The van der Waals surface area contributed by atoms with Gasteiger partial charge in [0.25, 0.3) is 5.91 Å². The predicted octanol–water partition coefficient (Wildman–Crippen LogP) is 4.98. The number of carbonyl (C=O) groups is 1. The predicted molar refractivity (Wildman–Crippen MR) is 127 cm³/mol. The highest BCUT2D eigenvalue weighted by molar-refractivity contribution is 5.98. The molecule has 2 aromatic heterocycles. The molecule has 2 aromatic carbocycles. The monoisotopic (exact) mass is 430 g/mol. The van der Waals surface area contributed by atoms with Crippen LogP contribution in [-0.2, 0) is 0 Å². The van der Waals surface area contributed by atoms with Crippen LogP contribution in [0.2, 0.25) is 0 Å². The fraction of sp³-hybridized carbons (Fsp3) is 0.231. The van der Waals surface area contributed by atoms with Crippen LogP contribution in [0.4, 0.5) is 4.39 Å². The SMILES string of the molecule is Cc1ccccc1-c1c[nH]c2ncc(-c3ccc(F)c(C(=O)N(C)CCN(C)C)c3)cc12. The van der Waals surface area contributed by atoms with Crippen molar-refractivity contribution >= 4 is 16.9 Å². The van der Waals surface area contributed by atoms with Gasteiger partial charge in [0.15, 0.2) is 0 Å². The van der Waals surface area contributed by atoms with Gasteiger partial charge in [-0.05, 0) is 55.9 Å². The second-order valence-corrected chi connectivity index (χ2v) is 8.36. The molecule has 2 heterocycles. The Morgan fingerprint density at radius 2 is 1.78 bits per heavy atom. The number of benzene rings is 2. The third kappa shape index (κ3) is 4.27. The maximum Gasteiger partial charge on any atom is 0.256 e. The first-order valence-electron chi connectivity index (χ1n) is 10.6. The summed E-state index contributed by atoms with van der Waals surface area (Å²) in [6.07, 6.45) is 3.71. The number of aromatic nitrogens is 2. The number of fused-ring (bicyclic) bond motifs is 1. The van der Waals surface area contributed by atoms with E-state index in [2.05, 4.69) is 29.0 Å². The molecule has 0 saturated heterocycles. The largest absolute Gasteiger partial charge is 0.346 e. The molecule has 0 unspecified atom stereocenters. The van der Waals surface area contributed by atoms with Crippen LogP contribution in [0.3, 0.4) is 0 Å². The van der Waals surface area contributed by atoms with E-state index in [1.165, 1.54) is 11.6 Å². The molecule has 0 aliphatic carbocycles. The Bertz CT molecular complexity index is 1280. The summed E-state index contributed by atoms with van der Waals surface area (Å²) in [7, 11) is 5.57. The molecule has 4 aromatic rings. The normalized spacial score (nSPS) is 11.3. The number of hydrogen-bond acceptors (Lipinski definition) is 3. The van der Waals surface area contributed by atoms with Gasteiger partial charge >= 0.3 is 0 Å². The molecule has 1 N–H and O–H groups in total. The fourth-order valence-corrected chi connectivity index (χ4v) is 3.79. The number of carbonyl (C=O) groups excluding carboxylic acids is 1. The maximum atomic E-state index is 14.5. The van der Waals surface area contributed by atoms with Gasteiger partial charge in [-0.25, -0.2) is 9.37 Å². The lowest BCUT2D eigenvalue weighted by atomic mass is 9.98. The van der Waals surface area contributed by atoms with Gasteiger partial charge < -0.3 is 14.8 Å². The molecular formula is C26H27FN4O. The smallest absolute Gasteiger partial charge is 0.256 e. The molecular weight excluding hydrogens is 403 g/mol. The van der Waals surface area contributed by atoms with Crippen molar-refractivity contribution in [3.05, 3.63) is 77.9 Å². The quantitative estimate of drug-likeness (QED) is 0.470. The van der Waals surface area contributed by atoms with Gasteiger partial charge in [-0.2, -0.15) is 0 Å². The van der Waals surface area contributed by atoms with E-state index in [1.807, 2.05) is 43.4 Å². The molecule has 0 saturated carbocycles. The lowest BCUT2D eigenvalue weighted by Gasteiger charge is -2.20. The third-order valence-electron chi connectivity index (χ3n) is 5.73. The first kappa shape index (κ1) is 21.7. The van der Waals surface area contributed by atoms with Crippen LogP contribution >= 0.6 is 0 Å². The molecule has 0 aliphatic rings. The van der Waals surface area contributed by atoms with Crippen LogP contribution in [-0.4, -0.2) is 59.9 Å². The molecule has 32 heavy (non-hydrogen) atoms. The van der Waals surface area contributed by atoms with Crippen molar-refractivity contribution in [1.82, 2.24) is 19.8 Å². The number of rotatable bonds is 6. The summed E-state index contributed by atoms with van der Waals surface area (Å²) in [6, 6.07) is 14.9. The van der Waals surface area contributed by atoms with Crippen molar-refractivity contribution in [2.45, 2.75) is 6.92 Å². The Labute approximate surface area is 187 Å². The summed E-state index contributed by atoms with van der Waals surface area (Å²) < 4.78 is 14.5. The van der Waals surface area contributed by atoms with Gasteiger partial charge in [0.05, 0.1) is 5.56 Å². The number of H-pyrrole nitrogens is 1. The van der Waals surface area contributed by atoms with Gasteiger partial charge in [-0.15, -0.1) is 0 Å².